The van der Waals surface area contributed by atoms with Crippen molar-refractivity contribution in [2.45, 2.75) is 18.1 Å². The van der Waals surface area contributed by atoms with Crippen molar-refractivity contribution in [3.63, 3.8) is 0 Å². The molecule has 0 aliphatic rings. The van der Waals surface area contributed by atoms with Crippen LogP contribution in [0.3, 0.4) is 0 Å². The third-order valence-electron chi connectivity index (χ3n) is 2.05. The third-order valence-corrected chi connectivity index (χ3v) is 3.75. The molecular weight excluding hydrogens is 254 g/mol. The van der Waals surface area contributed by atoms with E-state index in [0.29, 0.717) is 16.6 Å². The van der Waals surface area contributed by atoms with Crippen molar-refractivity contribution in [2.75, 3.05) is 20.6 Å². The Kier molecular flexibility index (Phi) is 4.61. The summed E-state index contributed by atoms with van der Waals surface area (Å²) < 4.78 is 53.4. The monoisotopic (exact) mass is 268 g/mol. The maximum atomic E-state index is 12.1. The maximum Gasteiger partial charge on any atom is 0.276 e. The number of nitrogens with zero attached hydrogens (tertiary/aromatic N) is 1. The lowest BCUT2D eigenvalue weighted by Crippen LogP contribution is -2.31. The van der Waals surface area contributed by atoms with Gasteiger partial charge >= 0.3 is 0 Å². The molecule has 1 heterocycles. The summed E-state index contributed by atoms with van der Waals surface area (Å²) in [5, 5.41) is 2.46. The number of hydrogen-bond donors (Lipinski definition) is 1. The molecule has 0 aliphatic carbocycles. The van der Waals surface area contributed by atoms with Crippen LogP contribution in [0.5, 0.6) is 0 Å². The molecule has 0 atom stereocenters. The summed E-state index contributed by atoms with van der Waals surface area (Å²) in [6.45, 7) is -0.488. The average Bonchev–Trinajstić information content (AvgIpc) is 2.66. The molecule has 0 saturated heterocycles. The predicted molar refractivity (Wildman–Crippen MR) is 57.3 cm³/mol. The van der Waals surface area contributed by atoms with Crippen molar-refractivity contribution in [2.24, 2.45) is 0 Å². The highest BCUT2D eigenvalue weighted by Crippen LogP contribution is 2.18. The molecule has 0 bridgehead atoms. The maximum absolute atomic E-state index is 12.1. The molecule has 1 rings (SSSR count). The summed E-state index contributed by atoms with van der Waals surface area (Å²) in [6, 6.07) is 2.74. The topological polar surface area (TPSA) is 62.6 Å². The van der Waals surface area contributed by atoms with E-state index in [1.165, 1.54) is 12.1 Å². The molecule has 0 amide bonds. The number of nitrogens with one attached hydrogen (secondary N) is 1. The average molecular weight is 268 g/mol. The Labute approximate surface area is 98.5 Å². The fourth-order valence-corrected chi connectivity index (χ4v) is 2.28. The Hall–Kier alpha value is -0.990. The van der Waals surface area contributed by atoms with Crippen molar-refractivity contribution in [1.82, 2.24) is 9.62 Å². The quantitative estimate of drug-likeness (QED) is 0.832. The minimum Gasteiger partial charge on any atom is -0.447 e. The number of sulfonamides is 1. The zero-order valence-corrected chi connectivity index (χ0v) is 10.3. The van der Waals surface area contributed by atoms with E-state index in [2.05, 4.69) is 5.32 Å². The number of rotatable bonds is 6. The van der Waals surface area contributed by atoms with Gasteiger partial charge < -0.3 is 9.73 Å². The molecule has 0 spiro atoms. The highest BCUT2D eigenvalue weighted by Gasteiger charge is 2.26. The van der Waals surface area contributed by atoms with Gasteiger partial charge in [-0.1, -0.05) is 0 Å². The summed E-state index contributed by atoms with van der Waals surface area (Å²) in [4.78, 5) is 0. The minimum atomic E-state index is -3.97. The molecule has 0 aromatic carbocycles. The number of hydrogen-bond acceptors (Lipinski definition) is 4. The molecule has 1 N–H and O–H groups in total. The lowest BCUT2D eigenvalue weighted by molar-refractivity contribution is 0.126. The van der Waals surface area contributed by atoms with Crippen LogP contribution in [0.4, 0.5) is 8.78 Å². The van der Waals surface area contributed by atoms with Crippen molar-refractivity contribution in [3.05, 3.63) is 17.9 Å². The molecular formula is C9H14F2N2O3S. The van der Waals surface area contributed by atoms with Crippen LogP contribution in [0.15, 0.2) is 21.6 Å². The van der Waals surface area contributed by atoms with Gasteiger partial charge in [0.2, 0.25) is 5.09 Å². The first-order valence-electron chi connectivity index (χ1n) is 4.85. The normalized spacial score (nSPS) is 12.6. The van der Waals surface area contributed by atoms with Crippen LogP contribution in [0.2, 0.25) is 0 Å². The van der Waals surface area contributed by atoms with E-state index >= 15 is 0 Å². The van der Waals surface area contributed by atoms with E-state index in [1.807, 2.05) is 0 Å². The van der Waals surface area contributed by atoms with Crippen LogP contribution >= 0.6 is 0 Å². The van der Waals surface area contributed by atoms with Crippen LogP contribution in [-0.2, 0) is 16.6 Å². The van der Waals surface area contributed by atoms with E-state index in [4.69, 9.17) is 4.42 Å². The Balaban J connectivity index is 2.88. The summed E-state index contributed by atoms with van der Waals surface area (Å²) in [6.07, 6.45) is -2.72. The molecule has 8 heteroatoms. The summed E-state index contributed by atoms with van der Waals surface area (Å²) >= 11 is 0. The first-order valence-corrected chi connectivity index (χ1v) is 6.29. The number of alkyl halides is 2. The zero-order chi connectivity index (χ0) is 13.1. The highest BCUT2D eigenvalue weighted by molar-refractivity contribution is 7.89. The predicted octanol–water partition coefficient (Wildman–Crippen LogP) is 0.885. The first-order chi connectivity index (χ1) is 7.87. The fourth-order valence-electron chi connectivity index (χ4n) is 1.21. The molecule has 0 unspecified atom stereocenters. The molecule has 0 saturated carbocycles. The van der Waals surface area contributed by atoms with Gasteiger partial charge in [-0.25, -0.2) is 17.2 Å². The van der Waals surface area contributed by atoms with Gasteiger partial charge in [-0.05, 0) is 19.2 Å². The molecule has 1 aromatic rings. The van der Waals surface area contributed by atoms with Crippen molar-refractivity contribution in [1.29, 1.82) is 0 Å². The molecule has 5 nitrogen and oxygen atoms in total. The SMILES string of the molecule is CNCc1ccc(S(=O)(=O)N(C)CC(F)F)o1. The Morgan fingerprint density at radius 2 is 2.12 bits per heavy atom. The molecule has 1 aromatic heterocycles. The molecule has 0 fully saturated rings. The van der Waals surface area contributed by atoms with E-state index in [0.717, 1.165) is 7.05 Å². The lowest BCUT2D eigenvalue weighted by atomic mass is 10.4. The Bertz CT molecular complexity index is 459. The molecule has 0 radical (unpaired) electrons. The van der Waals surface area contributed by atoms with E-state index < -0.39 is 23.0 Å². The zero-order valence-electron chi connectivity index (χ0n) is 9.48. The van der Waals surface area contributed by atoms with Crippen LogP contribution in [0.1, 0.15) is 5.76 Å². The Morgan fingerprint density at radius 1 is 1.47 bits per heavy atom. The minimum absolute atomic E-state index is 0.328. The van der Waals surface area contributed by atoms with Crippen LogP contribution in [0, 0.1) is 0 Å². The lowest BCUT2D eigenvalue weighted by Gasteiger charge is -2.14. The van der Waals surface area contributed by atoms with E-state index in [-0.39, 0.29) is 5.09 Å². The van der Waals surface area contributed by atoms with Crippen LogP contribution in [0.25, 0.3) is 0 Å². The van der Waals surface area contributed by atoms with Gasteiger partial charge in [0.15, 0.2) is 0 Å². The molecule has 17 heavy (non-hydrogen) atoms. The van der Waals surface area contributed by atoms with Gasteiger partial charge in [0, 0.05) is 7.05 Å². The van der Waals surface area contributed by atoms with Crippen LogP contribution in [-0.4, -0.2) is 39.8 Å². The summed E-state index contributed by atoms with van der Waals surface area (Å²) in [7, 11) is -1.21. The summed E-state index contributed by atoms with van der Waals surface area (Å²) in [5.41, 5.74) is 0. The van der Waals surface area contributed by atoms with Gasteiger partial charge in [-0.15, -0.1) is 0 Å². The third kappa shape index (κ3) is 3.48. The van der Waals surface area contributed by atoms with Gasteiger partial charge in [0.05, 0.1) is 13.1 Å². The first kappa shape index (κ1) is 14.1. The van der Waals surface area contributed by atoms with Gasteiger partial charge in [0.1, 0.15) is 5.76 Å². The second-order valence-electron chi connectivity index (χ2n) is 3.43. The fraction of sp³-hybridized carbons (Fsp3) is 0.556. The van der Waals surface area contributed by atoms with Crippen molar-refractivity contribution >= 4 is 10.0 Å². The van der Waals surface area contributed by atoms with E-state index in [9.17, 15) is 17.2 Å². The number of halogens is 2. The standard InChI is InChI=1S/C9H14F2N2O3S/c1-12-5-7-3-4-9(16-7)17(14,15)13(2)6-8(10)11/h3-4,8,12H,5-6H2,1-2H3. The second-order valence-corrected chi connectivity index (χ2v) is 5.40. The number of furan rings is 1. The van der Waals surface area contributed by atoms with Crippen LogP contribution < -0.4 is 5.32 Å². The van der Waals surface area contributed by atoms with E-state index in [1.54, 1.807) is 7.05 Å². The smallest absolute Gasteiger partial charge is 0.276 e. The van der Waals surface area contributed by atoms with Crippen molar-refractivity contribution in [3.8, 4) is 0 Å². The Morgan fingerprint density at radius 3 is 2.65 bits per heavy atom. The second kappa shape index (κ2) is 5.56. The van der Waals surface area contributed by atoms with Gasteiger partial charge in [-0.2, -0.15) is 4.31 Å². The van der Waals surface area contributed by atoms with Gasteiger partial charge in [0.25, 0.3) is 16.4 Å². The van der Waals surface area contributed by atoms with Gasteiger partial charge in [-0.3, -0.25) is 0 Å². The largest absolute Gasteiger partial charge is 0.447 e. The summed E-state index contributed by atoms with van der Waals surface area (Å²) in [5.74, 6) is 0.427. The molecule has 98 valence electrons. The highest BCUT2D eigenvalue weighted by atomic mass is 32.2. The molecule has 0 aliphatic heterocycles. The van der Waals surface area contributed by atoms with Crippen molar-refractivity contribution < 1.29 is 21.6 Å².